The summed E-state index contributed by atoms with van der Waals surface area (Å²) in [5.41, 5.74) is 3.71. The summed E-state index contributed by atoms with van der Waals surface area (Å²) < 4.78 is 0. The first-order valence-electron chi connectivity index (χ1n) is 11.1. The van der Waals surface area contributed by atoms with Gasteiger partial charge in [-0.1, -0.05) is 54.6 Å². The molecule has 8 nitrogen and oxygen atoms in total. The molecule has 0 saturated heterocycles. The van der Waals surface area contributed by atoms with Gasteiger partial charge in [-0.25, -0.2) is 0 Å². The highest BCUT2D eigenvalue weighted by molar-refractivity contribution is 5.98. The van der Waals surface area contributed by atoms with Crippen LogP contribution in [0.5, 0.6) is 0 Å². The Bertz CT molecular complexity index is 1180. The van der Waals surface area contributed by atoms with E-state index in [0.717, 1.165) is 16.7 Å². The van der Waals surface area contributed by atoms with E-state index < -0.39 is 23.8 Å². The lowest BCUT2D eigenvalue weighted by molar-refractivity contribution is -0.137. The summed E-state index contributed by atoms with van der Waals surface area (Å²) >= 11 is 0. The van der Waals surface area contributed by atoms with Gasteiger partial charge in [0, 0.05) is 31.1 Å². The zero-order valence-corrected chi connectivity index (χ0v) is 19.3. The van der Waals surface area contributed by atoms with Crippen molar-refractivity contribution in [3.05, 3.63) is 90.0 Å². The zero-order chi connectivity index (χ0) is 25.2. The molecule has 180 valence electrons. The first kappa shape index (κ1) is 25.2. The van der Waals surface area contributed by atoms with E-state index in [-0.39, 0.29) is 25.3 Å². The standard InChI is InChI=1S/C27H27N3O5/c1-18(31)29-23-13-11-21(12-14-23)20-7-9-22(10-8-20)26(34)30-24(15-16-25(32)33)27(35)28-17-19-5-3-2-4-6-19/h2-14,24H,15-17H2,1H3,(H,28,35)(H,29,31)(H,30,34)(H,32,33)/t24-/m0/s1. The number of amides is 3. The summed E-state index contributed by atoms with van der Waals surface area (Å²) in [6, 6.07) is 22.5. The van der Waals surface area contributed by atoms with Crippen molar-refractivity contribution in [2.45, 2.75) is 32.4 Å². The maximum atomic E-state index is 12.8. The molecule has 0 saturated carbocycles. The summed E-state index contributed by atoms with van der Waals surface area (Å²) in [5.74, 6) is -2.11. The molecular weight excluding hydrogens is 446 g/mol. The van der Waals surface area contributed by atoms with Crippen LogP contribution >= 0.6 is 0 Å². The Morgan fingerprint density at radius 1 is 0.829 bits per heavy atom. The number of carbonyl (C=O) groups excluding carboxylic acids is 3. The van der Waals surface area contributed by atoms with Crippen molar-refractivity contribution >= 4 is 29.4 Å². The molecule has 4 N–H and O–H groups in total. The topological polar surface area (TPSA) is 125 Å². The fraction of sp³-hybridized carbons (Fsp3) is 0.185. The second kappa shape index (κ2) is 12.1. The molecule has 0 aliphatic heterocycles. The molecule has 3 aromatic rings. The number of anilines is 1. The molecule has 0 bridgehead atoms. The van der Waals surface area contributed by atoms with Gasteiger partial charge in [0.25, 0.3) is 5.91 Å². The number of carboxylic acids is 1. The molecule has 8 heteroatoms. The Kier molecular flexibility index (Phi) is 8.72. The molecule has 1 atom stereocenters. The summed E-state index contributed by atoms with van der Waals surface area (Å²) in [7, 11) is 0. The van der Waals surface area contributed by atoms with Crippen LogP contribution in [0.1, 0.15) is 35.7 Å². The van der Waals surface area contributed by atoms with Crippen molar-refractivity contribution in [3.63, 3.8) is 0 Å². The fourth-order valence-electron chi connectivity index (χ4n) is 3.45. The highest BCUT2D eigenvalue weighted by atomic mass is 16.4. The number of hydrogen-bond acceptors (Lipinski definition) is 4. The second-order valence-corrected chi connectivity index (χ2v) is 8.00. The number of benzene rings is 3. The van der Waals surface area contributed by atoms with Crippen molar-refractivity contribution in [1.82, 2.24) is 10.6 Å². The van der Waals surface area contributed by atoms with Crippen LogP contribution in [0.15, 0.2) is 78.9 Å². The van der Waals surface area contributed by atoms with E-state index in [1.807, 2.05) is 42.5 Å². The largest absolute Gasteiger partial charge is 0.481 e. The molecule has 35 heavy (non-hydrogen) atoms. The van der Waals surface area contributed by atoms with Crippen molar-refractivity contribution in [3.8, 4) is 11.1 Å². The lowest BCUT2D eigenvalue weighted by atomic mass is 10.0. The SMILES string of the molecule is CC(=O)Nc1ccc(-c2ccc(C(=O)N[C@@H](CCC(=O)O)C(=O)NCc3ccccc3)cc2)cc1. The van der Waals surface area contributed by atoms with Crippen LogP contribution in [0, 0.1) is 0 Å². The molecule has 3 amide bonds. The molecule has 0 fully saturated rings. The Labute approximate surface area is 203 Å². The Morgan fingerprint density at radius 3 is 2.00 bits per heavy atom. The Hall–Kier alpha value is -4.46. The summed E-state index contributed by atoms with van der Waals surface area (Å²) in [6.07, 6.45) is -0.280. The van der Waals surface area contributed by atoms with Crippen molar-refractivity contribution in [2.24, 2.45) is 0 Å². The Morgan fingerprint density at radius 2 is 1.43 bits per heavy atom. The van der Waals surface area contributed by atoms with Gasteiger partial charge in [0.2, 0.25) is 11.8 Å². The third kappa shape index (κ3) is 7.82. The molecular formula is C27H27N3O5. The van der Waals surface area contributed by atoms with Gasteiger partial charge in [0.1, 0.15) is 6.04 Å². The number of carbonyl (C=O) groups is 4. The monoisotopic (exact) mass is 473 g/mol. The van der Waals surface area contributed by atoms with Crippen LogP contribution in [-0.4, -0.2) is 34.8 Å². The number of hydrogen-bond donors (Lipinski definition) is 4. The highest BCUT2D eigenvalue weighted by Gasteiger charge is 2.22. The number of rotatable bonds is 10. The van der Waals surface area contributed by atoms with Crippen LogP contribution in [0.4, 0.5) is 5.69 Å². The van der Waals surface area contributed by atoms with Gasteiger partial charge in [-0.3, -0.25) is 19.2 Å². The fourth-order valence-corrected chi connectivity index (χ4v) is 3.45. The van der Waals surface area contributed by atoms with E-state index in [1.54, 1.807) is 36.4 Å². The van der Waals surface area contributed by atoms with Gasteiger partial charge >= 0.3 is 5.97 Å². The maximum Gasteiger partial charge on any atom is 0.303 e. The third-order valence-corrected chi connectivity index (χ3v) is 5.26. The average Bonchev–Trinajstić information content (AvgIpc) is 2.85. The molecule has 3 aromatic carbocycles. The van der Waals surface area contributed by atoms with Gasteiger partial charge < -0.3 is 21.1 Å². The highest BCUT2D eigenvalue weighted by Crippen LogP contribution is 2.22. The van der Waals surface area contributed by atoms with Crippen LogP contribution in [0.3, 0.4) is 0 Å². The van der Waals surface area contributed by atoms with Gasteiger partial charge in [-0.2, -0.15) is 0 Å². The minimum atomic E-state index is -1.05. The molecule has 0 radical (unpaired) electrons. The normalized spacial score (nSPS) is 11.2. The van der Waals surface area contributed by atoms with E-state index in [9.17, 15) is 19.2 Å². The molecule has 0 heterocycles. The molecule has 0 aliphatic carbocycles. The molecule has 0 aromatic heterocycles. The summed E-state index contributed by atoms with van der Waals surface area (Å²) in [6.45, 7) is 1.71. The molecule has 0 aliphatic rings. The van der Waals surface area contributed by atoms with Crippen molar-refractivity contribution in [2.75, 3.05) is 5.32 Å². The second-order valence-electron chi connectivity index (χ2n) is 8.00. The summed E-state index contributed by atoms with van der Waals surface area (Å²) in [4.78, 5) is 47.7. The van der Waals surface area contributed by atoms with Crippen LogP contribution in [0.2, 0.25) is 0 Å². The molecule has 0 unspecified atom stereocenters. The minimum absolute atomic E-state index is 0.0274. The van der Waals surface area contributed by atoms with E-state index in [4.69, 9.17) is 5.11 Å². The average molecular weight is 474 g/mol. The van der Waals surface area contributed by atoms with Gasteiger partial charge in [0.05, 0.1) is 0 Å². The smallest absolute Gasteiger partial charge is 0.303 e. The predicted octanol–water partition coefficient (Wildman–Crippen LogP) is 3.59. The van der Waals surface area contributed by atoms with Gasteiger partial charge in [0.15, 0.2) is 0 Å². The predicted molar refractivity (Wildman–Crippen MR) is 133 cm³/mol. The van der Waals surface area contributed by atoms with Crippen molar-refractivity contribution < 1.29 is 24.3 Å². The van der Waals surface area contributed by atoms with E-state index in [1.165, 1.54) is 6.92 Å². The van der Waals surface area contributed by atoms with Gasteiger partial charge in [-0.05, 0) is 47.4 Å². The number of carboxylic acid groups (broad SMARTS) is 1. The Balaban J connectivity index is 1.65. The minimum Gasteiger partial charge on any atom is -0.481 e. The summed E-state index contributed by atoms with van der Waals surface area (Å²) in [5, 5.41) is 17.2. The van der Waals surface area contributed by atoms with E-state index in [0.29, 0.717) is 11.3 Å². The lowest BCUT2D eigenvalue weighted by Gasteiger charge is -2.18. The van der Waals surface area contributed by atoms with Crippen molar-refractivity contribution in [1.29, 1.82) is 0 Å². The third-order valence-electron chi connectivity index (χ3n) is 5.26. The first-order valence-corrected chi connectivity index (χ1v) is 11.1. The maximum absolute atomic E-state index is 12.8. The zero-order valence-electron chi connectivity index (χ0n) is 19.3. The lowest BCUT2D eigenvalue weighted by Crippen LogP contribution is -2.46. The van der Waals surface area contributed by atoms with E-state index in [2.05, 4.69) is 16.0 Å². The molecule has 3 rings (SSSR count). The first-order chi connectivity index (χ1) is 16.8. The number of aliphatic carboxylic acids is 1. The number of nitrogens with one attached hydrogen (secondary N) is 3. The van der Waals surface area contributed by atoms with E-state index >= 15 is 0 Å². The molecule has 0 spiro atoms. The van der Waals surface area contributed by atoms with Crippen LogP contribution < -0.4 is 16.0 Å². The quantitative estimate of drug-likeness (QED) is 0.358. The van der Waals surface area contributed by atoms with Crippen LogP contribution in [0.25, 0.3) is 11.1 Å². The van der Waals surface area contributed by atoms with Crippen LogP contribution in [-0.2, 0) is 20.9 Å². The van der Waals surface area contributed by atoms with Gasteiger partial charge in [-0.15, -0.1) is 0 Å².